The van der Waals surface area contributed by atoms with E-state index in [1.54, 1.807) is 18.5 Å². The van der Waals surface area contributed by atoms with Gasteiger partial charge in [-0.25, -0.2) is 13.8 Å². The van der Waals surface area contributed by atoms with Gasteiger partial charge in [0.2, 0.25) is 5.56 Å². The molecular weight excluding hydrogens is 396 g/mol. The van der Waals surface area contributed by atoms with Gasteiger partial charge in [0, 0.05) is 11.5 Å². The predicted octanol–water partition coefficient (Wildman–Crippen LogP) is 4.42. The normalized spacial score (nSPS) is 11.0. The SMILES string of the molecule is Cc1ncsc1C(=O)N(Cc1cc(=O)[nH]c2cc(F)ccc12)c1ccccc1F. The second kappa shape index (κ2) is 7.56. The van der Waals surface area contributed by atoms with Crippen molar-refractivity contribution in [3.63, 3.8) is 0 Å². The number of halogens is 2. The number of carbonyl (C=O) groups is 1. The van der Waals surface area contributed by atoms with Gasteiger partial charge in [0.05, 0.1) is 29.0 Å². The molecule has 2 aromatic heterocycles. The molecule has 0 aliphatic heterocycles. The van der Waals surface area contributed by atoms with E-state index in [0.717, 1.165) is 11.3 Å². The van der Waals surface area contributed by atoms with Crippen LogP contribution in [0.15, 0.2) is 58.8 Å². The number of nitrogens with zero attached hydrogens (tertiary/aromatic N) is 2. The molecule has 8 heteroatoms. The molecule has 146 valence electrons. The average Bonchev–Trinajstić information content (AvgIpc) is 3.11. The van der Waals surface area contributed by atoms with Crippen LogP contribution in [0.25, 0.3) is 10.9 Å². The van der Waals surface area contributed by atoms with Gasteiger partial charge in [0.1, 0.15) is 16.5 Å². The lowest BCUT2D eigenvalue weighted by atomic mass is 10.1. The highest BCUT2D eigenvalue weighted by Gasteiger charge is 2.24. The summed E-state index contributed by atoms with van der Waals surface area (Å²) in [5, 5.41) is 0.571. The summed E-state index contributed by atoms with van der Waals surface area (Å²) in [6, 6.07) is 11.3. The van der Waals surface area contributed by atoms with Gasteiger partial charge in [0.15, 0.2) is 0 Å². The topological polar surface area (TPSA) is 66.1 Å². The number of fused-ring (bicyclic) bond motifs is 1. The lowest BCUT2D eigenvalue weighted by Crippen LogP contribution is -2.31. The maximum absolute atomic E-state index is 14.6. The molecule has 29 heavy (non-hydrogen) atoms. The van der Waals surface area contributed by atoms with E-state index in [9.17, 15) is 18.4 Å². The molecule has 0 unspecified atom stereocenters. The van der Waals surface area contributed by atoms with Crippen LogP contribution < -0.4 is 10.5 Å². The summed E-state index contributed by atoms with van der Waals surface area (Å²) >= 11 is 1.16. The third-order valence-electron chi connectivity index (χ3n) is 4.55. The Morgan fingerprint density at radius 1 is 1.17 bits per heavy atom. The maximum Gasteiger partial charge on any atom is 0.270 e. The molecule has 0 saturated carbocycles. The molecule has 1 amide bonds. The van der Waals surface area contributed by atoms with Crippen LogP contribution in [0.1, 0.15) is 20.9 Å². The van der Waals surface area contributed by atoms with Crippen molar-refractivity contribution in [2.45, 2.75) is 13.5 Å². The number of thiazole rings is 1. The number of aromatic nitrogens is 2. The smallest absolute Gasteiger partial charge is 0.270 e. The van der Waals surface area contributed by atoms with E-state index in [-0.39, 0.29) is 12.2 Å². The van der Waals surface area contributed by atoms with Crippen LogP contribution in [0, 0.1) is 18.6 Å². The molecule has 0 saturated heterocycles. The van der Waals surface area contributed by atoms with Crippen molar-refractivity contribution in [3.8, 4) is 0 Å². The minimum atomic E-state index is -0.566. The highest BCUT2D eigenvalue weighted by molar-refractivity contribution is 7.12. The fourth-order valence-electron chi connectivity index (χ4n) is 3.17. The minimum absolute atomic E-state index is 0.0663. The number of rotatable bonds is 4. The molecule has 4 rings (SSSR count). The van der Waals surface area contributed by atoms with Gasteiger partial charge >= 0.3 is 0 Å². The lowest BCUT2D eigenvalue weighted by molar-refractivity contribution is 0.0987. The largest absolute Gasteiger partial charge is 0.322 e. The standard InChI is InChI=1S/C21H15F2N3O2S/c1-12-20(29-11-24-12)21(28)26(18-5-3-2-4-16(18)23)10-13-8-19(27)25-17-9-14(22)6-7-15(13)17/h2-9,11H,10H2,1H3,(H,25,27). The molecule has 0 fully saturated rings. The summed E-state index contributed by atoms with van der Waals surface area (Å²) < 4.78 is 28.2. The van der Waals surface area contributed by atoms with E-state index >= 15 is 0 Å². The van der Waals surface area contributed by atoms with Gasteiger partial charge in [-0.15, -0.1) is 11.3 Å². The highest BCUT2D eigenvalue weighted by atomic mass is 32.1. The number of anilines is 1. The lowest BCUT2D eigenvalue weighted by Gasteiger charge is -2.23. The van der Waals surface area contributed by atoms with Crippen LogP contribution in [0.2, 0.25) is 0 Å². The molecule has 5 nitrogen and oxygen atoms in total. The van der Waals surface area contributed by atoms with Gasteiger partial charge in [-0.1, -0.05) is 12.1 Å². The molecule has 0 bridgehead atoms. The Kier molecular flexibility index (Phi) is 4.94. The Balaban J connectivity index is 1.86. The number of aryl methyl sites for hydroxylation is 1. The monoisotopic (exact) mass is 411 g/mol. The Labute approximate surface area is 168 Å². The number of benzene rings is 2. The zero-order valence-electron chi connectivity index (χ0n) is 15.3. The molecule has 2 heterocycles. The third-order valence-corrected chi connectivity index (χ3v) is 5.46. The number of carbonyl (C=O) groups excluding carboxylic acids is 1. The van der Waals surface area contributed by atoms with Crippen LogP contribution in [0.5, 0.6) is 0 Å². The minimum Gasteiger partial charge on any atom is -0.322 e. The zero-order valence-corrected chi connectivity index (χ0v) is 16.1. The van der Waals surface area contributed by atoms with E-state index in [0.29, 0.717) is 27.0 Å². The number of para-hydroxylation sites is 1. The quantitative estimate of drug-likeness (QED) is 0.541. The first-order valence-electron chi connectivity index (χ1n) is 8.72. The number of aromatic amines is 1. The first-order valence-corrected chi connectivity index (χ1v) is 9.60. The molecule has 0 atom stereocenters. The summed E-state index contributed by atoms with van der Waals surface area (Å²) in [6.07, 6.45) is 0. The summed E-state index contributed by atoms with van der Waals surface area (Å²) in [7, 11) is 0. The van der Waals surface area contributed by atoms with E-state index in [1.165, 1.54) is 47.4 Å². The average molecular weight is 411 g/mol. The van der Waals surface area contributed by atoms with Crippen molar-refractivity contribution in [1.82, 2.24) is 9.97 Å². The van der Waals surface area contributed by atoms with Crippen LogP contribution in [0.4, 0.5) is 14.5 Å². The second-order valence-electron chi connectivity index (χ2n) is 6.46. The van der Waals surface area contributed by atoms with E-state index in [1.807, 2.05) is 0 Å². The molecule has 0 radical (unpaired) electrons. The fourth-order valence-corrected chi connectivity index (χ4v) is 3.92. The fraction of sp³-hybridized carbons (Fsp3) is 0.0952. The summed E-state index contributed by atoms with van der Waals surface area (Å²) in [5.74, 6) is -1.48. The van der Waals surface area contributed by atoms with Crippen LogP contribution >= 0.6 is 11.3 Å². The van der Waals surface area contributed by atoms with Crippen molar-refractivity contribution in [3.05, 3.63) is 92.2 Å². The molecule has 0 aliphatic carbocycles. The number of hydrogen-bond acceptors (Lipinski definition) is 4. The predicted molar refractivity (Wildman–Crippen MR) is 108 cm³/mol. The second-order valence-corrected chi connectivity index (χ2v) is 7.31. The molecular formula is C21H15F2N3O2S. The number of nitrogens with one attached hydrogen (secondary N) is 1. The van der Waals surface area contributed by atoms with E-state index in [4.69, 9.17) is 0 Å². The highest BCUT2D eigenvalue weighted by Crippen LogP contribution is 2.27. The number of amides is 1. The Hall–Kier alpha value is -3.39. The summed E-state index contributed by atoms with van der Waals surface area (Å²) in [5.41, 5.74) is 2.52. The third kappa shape index (κ3) is 3.66. The Morgan fingerprint density at radius 3 is 2.69 bits per heavy atom. The van der Waals surface area contributed by atoms with E-state index in [2.05, 4.69) is 9.97 Å². The van der Waals surface area contributed by atoms with Crippen molar-refractivity contribution in [2.75, 3.05) is 4.90 Å². The number of H-pyrrole nitrogens is 1. The van der Waals surface area contributed by atoms with Crippen LogP contribution in [0.3, 0.4) is 0 Å². The molecule has 4 aromatic rings. The van der Waals surface area contributed by atoms with Crippen molar-refractivity contribution in [2.24, 2.45) is 0 Å². The number of pyridine rings is 1. The van der Waals surface area contributed by atoms with Gasteiger partial charge in [0.25, 0.3) is 5.91 Å². The van der Waals surface area contributed by atoms with Crippen molar-refractivity contribution in [1.29, 1.82) is 0 Å². The van der Waals surface area contributed by atoms with Crippen molar-refractivity contribution < 1.29 is 13.6 Å². The van der Waals surface area contributed by atoms with Gasteiger partial charge < -0.3 is 9.88 Å². The summed E-state index contributed by atoms with van der Waals surface area (Å²) in [6.45, 7) is 1.64. The molecule has 0 spiro atoms. The van der Waals surface area contributed by atoms with Gasteiger partial charge in [-0.05, 0) is 42.8 Å². The van der Waals surface area contributed by atoms with E-state index < -0.39 is 23.1 Å². The maximum atomic E-state index is 14.6. The molecule has 1 N–H and O–H groups in total. The Morgan fingerprint density at radius 2 is 1.97 bits per heavy atom. The summed E-state index contributed by atoms with van der Waals surface area (Å²) in [4.78, 5) is 33.7. The van der Waals surface area contributed by atoms with Gasteiger partial charge in [-0.3, -0.25) is 9.59 Å². The first kappa shape index (κ1) is 18.9. The molecule has 2 aromatic carbocycles. The Bertz CT molecular complexity index is 1280. The van der Waals surface area contributed by atoms with Crippen molar-refractivity contribution >= 4 is 33.8 Å². The zero-order chi connectivity index (χ0) is 20.5. The molecule has 0 aliphatic rings. The van der Waals surface area contributed by atoms with Gasteiger partial charge in [-0.2, -0.15) is 0 Å². The first-order chi connectivity index (χ1) is 13.9. The number of hydrogen-bond donors (Lipinski definition) is 1. The van der Waals surface area contributed by atoms with Crippen LogP contribution in [-0.4, -0.2) is 15.9 Å². The van der Waals surface area contributed by atoms with Crippen LogP contribution in [-0.2, 0) is 6.54 Å².